The molecule has 24 heavy (non-hydrogen) atoms. The number of aromatic nitrogens is 1. The van der Waals surface area contributed by atoms with Crippen LogP contribution in [-0.4, -0.2) is 30.0 Å². The third-order valence-electron chi connectivity index (χ3n) is 3.46. The molecular formula is C17H17F2NO4. The Kier molecular flexibility index (Phi) is 5.33. The summed E-state index contributed by atoms with van der Waals surface area (Å²) in [6.07, 6.45) is 0. The number of halogens is 2. The van der Waals surface area contributed by atoms with Gasteiger partial charge in [-0.25, -0.2) is 13.6 Å². The van der Waals surface area contributed by atoms with Crippen LogP contribution in [0.1, 0.15) is 39.0 Å². The van der Waals surface area contributed by atoms with Crippen molar-refractivity contribution in [3.05, 3.63) is 52.3 Å². The number of rotatable bonds is 6. The van der Waals surface area contributed by atoms with E-state index in [1.807, 2.05) is 0 Å². The molecule has 1 aromatic heterocycles. The van der Waals surface area contributed by atoms with Gasteiger partial charge in [0.05, 0.1) is 17.9 Å². The number of hydrogen-bond donors (Lipinski definition) is 1. The molecule has 0 saturated carbocycles. The van der Waals surface area contributed by atoms with Crippen LogP contribution in [0, 0.1) is 25.5 Å². The predicted octanol–water partition coefficient (Wildman–Crippen LogP) is 3.35. The molecule has 0 radical (unpaired) electrons. The summed E-state index contributed by atoms with van der Waals surface area (Å²) in [5.74, 6) is -2.95. The molecule has 5 nitrogen and oxygen atoms in total. The molecule has 0 saturated heterocycles. The molecule has 1 heterocycles. The lowest BCUT2D eigenvalue weighted by Gasteiger charge is -2.06. The normalized spacial score (nSPS) is 10.5. The zero-order chi connectivity index (χ0) is 17.9. The molecule has 2 rings (SSSR count). The van der Waals surface area contributed by atoms with Crippen LogP contribution in [-0.2, 0) is 4.74 Å². The standard InChI is InChI=1S/C17H17F2NO4/c1-4-23-17(22)15-9(2)16(20-10(15)3)14(21)8-24-11-5-6-12(18)13(19)7-11/h5-7,20H,4,8H2,1-3H3. The number of Topliss-reactive ketones (excluding diaryl/α,β-unsaturated/α-hetero) is 1. The van der Waals surface area contributed by atoms with Gasteiger partial charge in [0.1, 0.15) is 5.75 Å². The summed E-state index contributed by atoms with van der Waals surface area (Å²) >= 11 is 0. The van der Waals surface area contributed by atoms with Gasteiger partial charge in [-0.05, 0) is 38.5 Å². The second-order valence-corrected chi connectivity index (χ2v) is 5.13. The lowest BCUT2D eigenvalue weighted by Crippen LogP contribution is -2.14. The van der Waals surface area contributed by atoms with Crippen LogP contribution in [0.15, 0.2) is 18.2 Å². The monoisotopic (exact) mass is 337 g/mol. The minimum Gasteiger partial charge on any atom is -0.485 e. The number of nitrogens with one attached hydrogen (secondary N) is 1. The van der Waals surface area contributed by atoms with Gasteiger partial charge in [0.25, 0.3) is 0 Å². The van der Waals surface area contributed by atoms with Crippen molar-refractivity contribution >= 4 is 11.8 Å². The van der Waals surface area contributed by atoms with E-state index in [0.717, 1.165) is 12.1 Å². The number of aryl methyl sites for hydroxylation is 1. The maximum absolute atomic E-state index is 13.1. The van der Waals surface area contributed by atoms with E-state index in [9.17, 15) is 18.4 Å². The van der Waals surface area contributed by atoms with E-state index < -0.39 is 23.4 Å². The molecule has 0 aliphatic carbocycles. The maximum Gasteiger partial charge on any atom is 0.340 e. The van der Waals surface area contributed by atoms with Gasteiger partial charge in [-0.3, -0.25) is 4.79 Å². The van der Waals surface area contributed by atoms with Crippen molar-refractivity contribution in [2.45, 2.75) is 20.8 Å². The van der Waals surface area contributed by atoms with Crippen molar-refractivity contribution in [2.24, 2.45) is 0 Å². The Morgan fingerprint density at radius 1 is 1.17 bits per heavy atom. The molecule has 2 aromatic rings. The number of carbonyl (C=O) groups excluding carboxylic acids is 2. The molecule has 0 aliphatic rings. The summed E-state index contributed by atoms with van der Waals surface area (Å²) < 4.78 is 36.1. The van der Waals surface area contributed by atoms with Gasteiger partial charge in [0, 0.05) is 11.8 Å². The summed E-state index contributed by atoms with van der Waals surface area (Å²) in [7, 11) is 0. The third-order valence-corrected chi connectivity index (χ3v) is 3.46. The topological polar surface area (TPSA) is 68.4 Å². The number of benzene rings is 1. The van der Waals surface area contributed by atoms with Crippen molar-refractivity contribution in [2.75, 3.05) is 13.2 Å². The van der Waals surface area contributed by atoms with Crippen molar-refractivity contribution < 1.29 is 27.8 Å². The van der Waals surface area contributed by atoms with Gasteiger partial charge in [-0.2, -0.15) is 0 Å². The molecule has 0 amide bonds. The van der Waals surface area contributed by atoms with E-state index in [4.69, 9.17) is 9.47 Å². The van der Waals surface area contributed by atoms with Gasteiger partial charge >= 0.3 is 5.97 Å². The van der Waals surface area contributed by atoms with Crippen molar-refractivity contribution in [3.8, 4) is 5.75 Å². The fourth-order valence-electron chi connectivity index (χ4n) is 2.33. The number of H-pyrrole nitrogens is 1. The molecule has 0 fully saturated rings. The van der Waals surface area contributed by atoms with Gasteiger partial charge in [-0.15, -0.1) is 0 Å². The summed E-state index contributed by atoms with van der Waals surface area (Å²) in [4.78, 5) is 27.0. The Morgan fingerprint density at radius 2 is 1.88 bits per heavy atom. The van der Waals surface area contributed by atoms with Gasteiger partial charge in [0.2, 0.25) is 5.78 Å². The zero-order valence-electron chi connectivity index (χ0n) is 13.5. The maximum atomic E-state index is 13.1. The van der Waals surface area contributed by atoms with Gasteiger partial charge in [-0.1, -0.05) is 0 Å². The highest BCUT2D eigenvalue weighted by Gasteiger charge is 2.23. The number of esters is 1. The highest BCUT2D eigenvalue weighted by Crippen LogP contribution is 2.20. The second-order valence-electron chi connectivity index (χ2n) is 5.13. The quantitative estimate of drug-likeness (QED) is 0.648. The molecule has 0 spiro atoms. The van der Waals surface area contributed by atoms with E-state index >= 15 is 0 Å². The fourth-order valence-corrected chi connectivity index (χ4v) is 2.33. The van der Waals surface area contributed by atoms with Crippen LogP contribution < -0.4 is 4.74 Å². The molecule has 0 aliphatic heterocycles. The van der Waals surface area contributed by atoms with E-state index in [1.165, 1.54) is 6.07 Å². The van der Waals surface area contributed by atoms with Crippen LogP contribution in [0.25, 0.3) is 0 Å². The molecule has 0 atom stereocenters. The van der Waals surface area contributed by atoms with Gasteiger partial charge in [0.15, 0.2) is 18.2 Å². The number of hydrogen-bond acceptors (Lipinski definition) is 4. The zero-order valence-corrected chi connectivity index (χ0v) is 13.5. The van der Waals surface area contributed by atoms with E-state index in [0.29, 0.717) is 16.8 Å². The van der Waals surface area contributed by atoms with E-state index in [1.54, 1.807) is 20.8 Å². The third kappa shape index (κ3) is 3.61. The first-order chi connectivity index (χ1) is 11.3. The van der Waals surface area contributed by atoms with E-state index in [2.05, 4.69) is 4.98 Å². The Bertz CT molecular complexity index is 783. The van der Waals surface area contributed by atoms with Crippen molar-refractivity contribution in [1.29, 1.82) is 0 Å². The summed E-state index contributed by atoms with van der Waals surface area (Å²) in [6, 6.07) is 3.00. The van der Waals surface area contributed by atoms with E-state index in [-0.39, 0.29) is 24.7 Å². The largest absolute Gasteiger partial charge is 0.485 e. The number of ketones is 1. The first kappa shape index (κ1) is 17.7. The molecule has 7 heteroatoms. The second kappa shape index (κ2) is 7.25. The van der Waals surface area contributed by atoms with Crippen LogP contribution in [0.2, 0.25) is 0 Å². The number of carbonyl (C=O) groups is 2. The van der Waals surface area contributed by atoms with Crippen LogP contribution in [0.4, 0.5) is 8.78 Å². The smallest absolute Gasteiger partial charge is 0.340 e. The van der Waals surface area contributed by atoms with Crippen LogP contribution in [0.5, 0.6) is 5.75 Å². The predicted molar refractivity (Wildman–Crippen MR) is 82.4 cm³/mol. The van der Waals surface area contributed by atoms with Gasteiger partial charge < -0.3 is 14.5 Å². The number of ether oxygens (including phenoxy) is 2. The molecular weight excluding hydrogens is 320 g/mol. The average Bonchev–Trinajstić information content (AvgIpc) is 2.83. The molecule has 1 N–H and O–H groups in total. The summed E-state index contributed by atoms with van der Waals surface area (Å²) in [5.41, 5.74) is 1.51. The lowest BCUT2D eigenvalue weighted by atomic mass is 10.1. The number of aromatic amines is 1. The van der Waals surface area contributed by atoms with Crippen LogP contribution in [0.3, 0.4) is 0 Å². The van der Waals surface area contributed by atoms with Crippen LogP contribution >= 0.6 is 0 Å². The first-order valence-electron chi connectivity index (χ1n) is 7.32. The van der Waals surface area contributed by atoms with Crippen molar-refractivity contribution in [1.82, 2.24) is 4.98 Å². The Morgan fingerprint density at radius 3 is 2.50 bits per heavy atom. The minimum absolute atomic E-state index is 0.0359. The average molecular weight is 337 g/mol. The Hall–Kier alpha value is -2.70. The van der Waals surface area contributed by atoms with Crippen molar-refractivity contribution in [3.63, 3.8) is 0 Å². The SMILES string of the molecule is CCOC(=O)c1c(C)[nH]c(C(=O)COc2ccc(F)c(F)c2)c1C. The summed E-state index contributed by atoms with van der Waals surface area (Å²) in [6.45, 7) is 4.82. The Labute approximate surface area is 137 Å². The molecule has 1 aromatic carbocycles. The minimum atomic E-state index is -1.06. The molecule has 128 valence electrons. The molecule has 0 unspecified atom stereocenters. The highest BCUT2D eigenvalue weighted by molar-refractivity contribution is 6.02. The highest BCUT2D eigenvalue weighted by atomic mass is 19.2. The fraction of sp³-hybridized carbons (Fsp3) is 0.294. The first-order valence-corrected chi connectivity index (χ1v) is 7.32. The lowest BCUT2D eigenvalue weighted by molar-refractivity contribution is 0.0525. The summed E-state index contributed by atoms with van der Waals surface area (Å²) in [5, 5.41) is 0. The Balaban J connectivity index is 2.14. The molecule has 0 bridgehead atoms.